The molecule has 0 saturated heterocycles. The lowest BCUT2D eigenvalue weighted by molar-refractivity contribution is 0.287. The molecule has 0 aromatic heterocycles. The van der Waals surface area contributed by atoms with Crippen molar-refractivity contribution in [1.29, 1.82) is 0 Å². The molecule has 1 heterocycles. The van der Waals surface area contributed by atoms with Crippen LogP contribution in [0.2, 0.25) is 0 Å². The molecule has 4 rings (SSSR count). The molecular formula is C31H38N2O4S. The Balaban J connectivity index is 2.04. The third kappa shape index (κ3) is 5.44. The Morgan fingerprint density at radius 1 is 0.868 bits per heavy atom. The largest absolute Gasteiger partial charge is 0.497 e. The van der Waals surface area contributed by atoms with Crippen LogP contribution in [0.25, 0.3) is 0 Å². The molecule has 0 N–H and O–H groups in total. The van der Waals surface area contributed by atoms with Crippen LogP contribution in [0.15, 0.2) is 76.6 Å². The van der Waals surface area contributed by atoms with Crippen LogP contribution in [-0.4, -0.2) is 38.3 Å². The molecule has 6 nitrogen and oxygen atoms in total. The average molecular weight is 535 g/mol. The smallest absolute Gasteiger partial charge is 0.266 e. The van der Waals surface area contributed by atoms with Crippen molar-refractivity contribution in [2.75, 3.05) is 14.2 Å². The van der Waals surface area contributed by atoms with Crippen molar-refractivity contribution in [2.45, 2.75) is 64.4 Å². The number of benzene rings is 3. The highest BCUT2D eigenvalue weighted by molar-refractivity contribution is 7.89. The minimum atomic E-state index is -4.01. The van der Waals surface area contributed by atoms with Gasteiger partial charge in [-0.25, -0.2) is 12.7 Å². The summed E-state index contributed by atoms with van der Waals surface area (Å²) in [5.74, 6) is 1.74. The van der Waals surface area contributed by atoms with Crippen LogP contribution in [0.1, 0.15) is 69.3 Å². The van der Waals surface area contributed by atoms with E-state index in [0.29, 0.717) is 17.3 Å². The van der Waals surface area contributed by atoms with Crippen molar-refractivity contribution in [3.8, 4) is 11.5 Å². The molecule has 0 radical (unpaired) electrons. The highest BCUT2D eigenvalue weighted by Gasteiger charge is 2.46. The molecule has 7 heteroatoms. The molecule has 1 unspecified atom stereocenters. The summed E-state index contributed by atoms with van der Waals surface area (Å²) in [6.45, 7) is 12.6. The van der Waals surface area contributed by atoms with Crippen LogP contribution in [0, 0.1) is 12.3 Å². The van der Waals surface area contributed by atoms with Crippen LogP contribution in [0.4, 0.5) is 0 Å². The maximum atomic E-state index is 14.5. The van der Waals surface area contributed by atoms with Gasteiger partial charge >= 0.3 is 0 Å². The van der Waals surface area contributed by atoms with Crippen molar-refractivity contribution in [3.63, 3.8) is 0 Å². The number of fused-ring (bicyclic) bond motifs is 1. The summed E-state index contributed by atoms with van der Waals surface area (Å²) in [7, 11) is -0.791. The van der Waals surface area contributed by atoms with Crippen LogP contribution >= 0.6 is 0 Å². The van der Waals surface area contributed by atoms with Crippen molar-refractivity contribution < 1.29 is 17.9 Å². The number of aryl methyl sites for hydroxylation is 1. The van der Waals surface area contributed by atoms with Gasteiger partial charge in [0.05, 0.1) is 24.7 Å². The van der Waals surface area contributed by atoms with Gasteiger partial charge in [-0.15, -0.1) is 0 Å². The highest BCUT2D eigenvalue weighted by Crippen LogP contribution is 2.47. The van der Waals surface area contributed by atoms with Gasteiger partial charge in [-0.1, -0.05) is 62.7 Å². The second kappa shape index (κ2) is 10.1. The first-order valence-electron chi connectivity index (χ1n) is 12.8. The van der Waals surface area contributed by atoms with E-state index in [1.807, 2.05) is 61.5 Å². The van der Waals surface area contributed by atoms with E-state index >= 15 is 0 Å². The molecule has 1 atom stereocenters. The summed E-state index contributed by atoms with van der Waals surface area (Å²) in [5, 5.41) is 0. The SMILES string of the molecule is COc1ccc(C2c3c(OC)cccc3C(=NC(C)(C)CC(C)(C)C)N2S(=O)(=O)c2ccc(C)cc2)cc1. The summed E-state index contributed by atoms with van der Waals surface area (Å²) in [5.41, 5.74) is 2.79. The third-order valence-corrected chi connectivity index (χ3v) is 8.39. The summed E-state index contributed by atoms with van der Waals surface area (Å²) in [6, 6.07) is 19.5. The number of rotatable bonds is 7. The molecule has 202 valence electrons. The second-order valence-corrected chi connectivity index (χ2v) is 13.5. The fourth-order valence-corrected chi connectivity index (χ4v) is 7.03. The van der Waals surface area contributed by atoms with E-state index in [1.165, 1.54) is 4.31 Å². The van der Waals surface area contributed by atoms with Crippen LogP contribution in [0.5, 0.6) is 11.5 Å². The lowest BCUT2D eigenvalue weighted by atomic mass is 9.82. The Morgan fingerprint density at radius 2 is 1.50 bits per heavy atom. The molecule has 0 fully saturated rings. The van der Waals surface area contributed by atoms with E-state index in [2.05, 4.69) is 34.6 Å². The number of ether oxygens (including phenoxy) is 2. The molecule has 3 aromatic rings. The maximum absolute atomic E-state index is 14.5. The summed E-state index contributed by atoms with van der Waals surface area (Å²) in [6.07, 6.45) is 0.772. The first-order valence-corrected chi connectivity index (χ1v) is 14.2. The van der Waals surface area contributed by atoms with Gasteiger partial charge in [0.2, 0.25) is 0 Å². The summed E-state index contributed by atoms with van der Waals surface area (Å²) in [4.78, 5) is 5.41. The topological polar surface area (TPSA) is 68.2 Å². The van der Waals surface area contributed by atoms with E-state index in [9.17, 15) is 8.42 Å². The van der Waals surface area contributed by atoms with Gasteiger partial charge in [-0.3, -0.25) is 4.99 Å². The lowest BCUT2D eigenvalue weighted by Crippen LogP contribution is -2.38. The standard InChI is InChI=1S/C31H38N2O4S/c1-21-12-18-24(19-13-21)38(34,35)33-28(22-14-16-23(36-7)17-15-22)27-25(10-9-11-26(27)37-8)29(33)32-31(5,6)20-30(2,3)4/h9-19,28H,20H2,1-8H3. The number of amidine groups is 1. The Labute approximate surface area is 227 Å². The number of sulfonamides is 1. The molecule has 0 aliphatic carbocycles. The quantitative estimate of drug-likeness (QED) is 0.336. The van der Waals surface area contributed by atoms with Gasteiger partial charge < -0.3 is 9.47 Å². The average Bonchev–Trinajstić information content (AvgIpc) is 3.17. The van der Waals surface area contributed by atoms with Gasteiger partial charge in [0.25, 0.3) is 10.0 Å². The predicted octanol–water partition coefficient (Wildman–Crippen LogP) is 6.77. The zero-order valence-electron chi connectivity index (χ0n) is 23.6. The third-order valence-electron chi connectivity index (χ3n) is 6.62. The Bertz CT molecular complexity index is 1430. The molecular weight excluding hydrogens is 496 g/mol. The van der Waals surface area contributed by atoms with E-state index < -0.39 is 21.6 Å². The molecule has 38 heavy (non-hydrogen) atoms. The number of nitrogens with zero attached hydrogens (tertiary/aromatic N) is 2. The van der Waals surface area contributed by atoms with Gasteiger partial charge in [0.15, 0.2) is 0 Å². The molecule has 0 saturated carbocycles. The minimum absolute atomic E-state index is 0.000576. The molecule has 0 spiro atoms. The first-order chi connectivity index (χ1) is 17.8. The van der Waals surface area contributed by atoms with E-state index in [0.717, 1.165) is 28.7 Å². The van der Waals surface area contributed by atoms with Gasteiger partial charge in [-0.05, 0) is 68.5 Å². The molecule has 1 aliphatic rings. The Kier molecular flexibility index (Phi) is 7.36. The minimum Gasteiger partial charge on any atom is -0.497 e. The first kappa shape index (κ1) is 27.7. The van der Waals surface area contributed by atoms with Crippen molar-refractivity contribution in [2.24, 2.45) is 10.4 Å². The van der Waals surface area contributed by atoms with Crippen LogP contribution < -0.4 is 9.47 Å². The monoisotopic (exact) mass is 534 g/mol. The summed E-state index contributed by atoms with van der Waals surface area (Å²) >= 11 is 0. The van der Waals surface area contributed by atoms with Crippen LogP contribution in [0.3, 0.4) is 0 Å². The summed E-state index contributed by atoms with van der Waals surface area (Å²) < 4.78 is 41.6. The molecule has 0 amide bonds. The fraction of sp³-hybridized carbons (Fsp3) is 0.387. The van der Waals surface area contributed by atoms with E-state index in [-0.39, 0.29) is 10.3 Å². The number of methoxy groups -OCH3 is 2. The zero-order valence-corrected chi connectivity index (χ0v) is 24.4. The van der Waals surface area contributed by atoms with Gasteiger partial charge in [-0.2, -0.15) is 0 Å². The molecule has 3 aromatic carbocycles. The second-order valence-electron chi connectivity index (χ2n) is 11.7. The molecule has 0 bridgehead atoms. The lowest BCUT2D eigenvalue weighted by Gasteiger charge is -2.32. The van der Waals surface area contributed by atoms with Crippen molar-refractivity contribution in [1.82, 2.24) is 4.31 Å². The normalized spacial score (nSPS) is 17.0. The van der Waals surface area contributed by atoms with Crippen molar-refractivity contribution in [3.05, 3.63) is 89.0 Å². The Morgan fingerprint density at radius 3 is 2.05 bits per heavy atom. The molecule has 1 aliphatic heterocycles. The van der Waals surface area contributed by atoms with Gasteiger partial charge in [0.1, 0.15) is 23.4 Å². The zero-order chi connectivity index (χ0) is 27.9. The van der Waals surface area contributed by atoms with Crippen LogP contribution in [-0.2, 0) is 10.0 Å². The van der Waals surface area contributed by atoms with Crippen molar-refractivity contribution >= 4 is 15.9 Å². The van der Waals surface area contributed by atoms with E-state index in [4.69, 9.17) is 14.5 Å². The Hall–Kier alpha value is -3.32. The number of aliphatic imine (C=N–C) groups is 1. The number of hydrogen-bond acceptors (Lipinski definition) is 5. The van der Waals surface area contributed by atoms with E-state index in [1.54, 1.807) is 26.4 Å². The highest BCUT2D eigenvalue weighted by atomic mass is 32.2. The fourth-order valence-electron chi connectivity index (χ4n) is 5.46. The maximum Gasteiger partial charge on any atom is 0.266 e. The number of hydrogen-bond donors (Lipinski definition) is 0. The van der Waals surface area contributed by atoms with Gasteiger partial charge in [0, 0.05) is 11.1 Å². The predicted molar refractivity (Wildman–Crippen MR) is 153 cm³/mol.